The first-order valence-corrected chi connectivity index (χ1v) is 6.33. The third-order valence-electron chi connectivity index (χ3n) is 2.84. The minimum atomic E-state index is -0.378. The number of halogens is 2. The van der Waals surface area contributed by atoms with E-state index >= 15 is 0 Å². The molecular formula is C15H15ClFN. The Labute approximate surface area is 112 Å². The molecule has 0 saturated heterocycles. The summed E-state index contributed by atoms with van der Waals surface area (Å²) in [5.41, 5.74) is 3.21. The van der Waals surface area contributed by atoms with Crippen LogP contribution in [0.15, 0.2) is 42.5 Å². The molecule has 0 unspecified atom stereocenters. The highest BCUT2D eigenvalue weighted by atomic mass is 35.5. The van der Waals surface area contributed by atoms with Gasteiger partial charge in [-0.25, -0.2) is 4.39 Å². The quantitative estimate of drug-likeness (QED) is 0.846. The third-order valence-corrected chi connectivity index (χ3v) is 3.15. The van der Waals surface area contributed by atoms with Crippen LogP contribution in [0.25, 0.3) is 0 Å². The summed E-state index contributed by atoms with van der Waals surface area (Å²) >= 11 is 5.64. The summed E-state index contributed by atoms with van der Waals surface area (Å²) in [6.07, 6.45) is 1.03. The van der Waals surface area contributed by atoms with E-state index in [-0.39, 0.29) is 10.8 Å². The maximum absolute atomic E-state index is 13.2. The summed E-state index contributed by atoms with van der Waals surface area (Å²) in [6.45, 7) is 2.71. The van der Waals surface area contributed by atoms with E-state index < -0.39 is 0 Å². The average Bonchev–Trinajstić information content (AvgIpc) is 2.41. The molecule has 1 N–H and O–H groups in total. The van der Waals surface area contributed by atoms with Gasteiger partial charge in [-0.2, -0.15) is 0 Å². The van der Waals surface area contributed by atoms with Gasteiger partial charge in [-0.1, -0.05) is 36.7 Å². The van der Waals surface area contributed by atoms with Gasteiger partial charge < -0.3 is 5.32 Å². The Bertz CT molecular complexity index is 523. The Balaban J connectivity index is 1.99. The molecule has 0 aliphatic heterocycles. The van der Waals surface area contributed by atoms with Crippen molar-refractivity contribution < 1.29 is 4.39 Å². The topological polar surface area (TPSA) is 12.0 Å². The number of anilines is 1. The fraction of sp³-hybridized carbons (Fsp3) is 0.200. The highest BCUT2D eigenvalue weighted by molar-refractivity contribution is 6.30. The van der Waals surface area contributed by atoms with Crippen LogP contribution in [0.3, 0.4) is 0 Å². The van der Waals surface area contributed by atoms with Gasteiger partial charge in [0.1, 0.15) is 5.82 Å². The molecule has 18 heavy (non-hydrogen) atoms. The van der Waals surface area contributed by atoms with Gasteiger partial charge in [0.15, 0.2) is 0 Å². The van der Waals surface area contributed by atoms with E-state index in [1.807, 2.05) is 18.2 Å². The molecule has 0 atom stereocenters. The van der Waals surface area contributed by atoms with Crippen LogP contribution in [0.2, 0.25) is 5.02 Å². The molecule has 2 aromatic rings. The first-order chi connectivity index (χ1) is 8.69. The smallest absolute Gasteiger partial charge is 0.142 e. The van der Waals surface area contributed by atoms with E-state index in [0.717, 1.165) is 17.7 Å². The molecule has 2 aromatic carbocycles. The van der Waals surface area contributed by atoms with Crippen LogP contribution < -0.4 is 5.32 Å². The van der Waals surface area contributed by atoms with Crippen LogP contribution >= 0.6 is 11.6 Å². The monoisotopic (exact) mass is 263 g/mol. The van der Waals surface area contributed by atoms with E-state index in [0.29, 0.717) is 6.54 Å². The molecule has 0 saturated carbocycles. The van der Waals surface area contributed by atoms with Crippen LogP contribution in [-0.2, 0) is 13.0 Å². The van der Waals surface area contributed by atoms with Crippen molar-refractivity contribution in [1.29, 1.82) is 0 Å². The van der Waals surface area contributed by atoms with Gasteiger partial charge in [-0.15, -0.1) is 0 Å². The van der Waals surface area contributed by atoms with Crippen molar-refractivity contribution in [3.8, 4) is 0 Å². The van der Waals surface area contributed by atoms with E-state index in [1.165, 1.54) is 11.6 Å². The molecule has 1 nitrogen and oxygen atoms in total. The lowest BCUT2D eigenvalue weighted by molar-refractivity contribution is 0.626. The van der Waals surface area contributed by atoms with Crippen molar-refractivity contribution in [1.82, 2.24) is 0 Å². The number of rotatable bonds is 4. The van der Waals surface area contributed by atoms with Crippen LogP contribution in [-0.4, -0.2) is 0 Å². The maximum Gasteiger partial charge on any atom is 0.142 e. The molecule has 2 rings (SSSR count). The number of hydrogen-bond donors (Lipinski definition) is 1. The molecule has 3 heteroatoms. The molecule has 0 aromatic heterocycles. The molecule has 94 valence electrons. The second kappa shape index (κ2) is 5.87. The Morgan fingerprint density at radius 2 is 1.72 bits per heavy atom. The van der Waals surface area contributed by atoms with Crippen LogP contribution in [0.1, 0.15) is 18.1 Å². The summed E-state index contributed by atoms with van der Waals surface area (Å²) in [4.78, 5) is 0. The fourth-order valence-electron chi connectivity index (χ4n) is 1.71. The zero-order valence-electron chi connectivity index (χ0n) is 10.2. The maximum atomic E-state index is 13.2. The van der Waals surface area contributed by atoms with Gasteiger partial charge in [0.2, 0.25) is 0 Å². The van der Waals surface area contributed by atoms with Crippen molar-refractivity contribution in [2.45, 2.75) is 19.9 Å². The minimum Gasteiger partial charge on any atom is -0.381 e. The molecule has 0 spiro atoms. The first kappa shape index (κ1) is 12.9. The van der Waals surface area contributed by atoms with Crippen molar-refractivity contribution in [2.24, 2.45) is 0 Å². The third kappa shape index (κ3) is 3.23. The summed E-state index contributed by atoms with van der Waals surface area (Å²) in [5, 5.41) is 3.41. The standard InChI is InChI=1S/C15H15ClFN/c1-2-11-3-6-13(7-4-11)18-10-12-5-8-14(16)15(17)9-12/h3-9,18H,2,10H2,1H3. The van der Waals surface area contributed by atoms with E-state index in [4.69, 9.17) is 11.6 Å². The SMILES string of the molecule is CCc1ccc(NCc2ccc(Cl)c(F)c2)cc1. The van der Waals surface area contributed by atoms with Gasteiger partial charge >= 0.3 is 0 Å². The Hall–Kier alpha value is -1.54. The van der Waals surface area contributed by atoms with E-state index in [1.54, 1.807) is 6.07 Å². The molecule has 0 radical (unpaired) electrons. The second-order valence-corrected chi connectivity index (χ2v) is 4.56. The molecule has 0 aliphatic rings. The lowest BCUT2D eigenvalue weighted by Gasteiger charge is -2.07. The molecule has 0 fully saturated rings. The van der Waals surface area contributed by atoms with E-state index in [2.05, 4.69) is 24.4 Å². The predicted molar refractivity (Wildman–Crippen MR) is 74.6 cm³/mol. The van der Waals surface area contributed by atoms with Crippen LogP contribution in [0.4, 0.5) is 10.1 Å². The van der Waals surface area contributed by atoms with Crippen molar-refractivity contribution >= 4 is 17.3 Å². The Kier molecular flexibility index (Phi) is 4.21. The van der Waals surface area contributed by atoms with Gasteiger partial charge in [-0.05, 0) is 41.8 Å². The predicted octanol–water partition coefficient (Wildman–Crippen LogP) is 4.65. The lowest BCUT2D eigenvalue weighted by atomic mass is 10.1. The molecule has 0 aliphatic carbocycles. The van der Waals surface area contributed by atoms with Crippen molar-refractivity contribution in [3.05, 3.63) is 64.4 Å². The summed E-state index contributed by atoms with van der Waals surface area (Å²) in [6, 6.07) is 13.1. The van der Waals surface area contributed by atoms with Crippen molar-refractivity contribution in [2.75, 3.05) is 5.32 Å². The highest BCUT2D eigenvalue weighted by Gasteiger charge is 2.01. The number of benzene rings is 2. The average molecular weight is 264 g/mol. The normalized spacial score (nSPS) is 10.4. The number of nitrogens with one attached hydrogen (secondary N) is 1. The van der Waals surface area contributed by atoms with Crippen LogP contribution in [0.5, 0.6) is 0 Å². The fourth-order valence-corrected chi connectivity index (χ4v) is 1.83. The summed E-state index contributed by atoms with van der Waals surface area (Å²) in [5.74, 6) is -0.378. The summed E-state index contributed by atoms with van der Waals surface area (Å²) < 4.78 is 13.2. The number of hydrogen-bond acceptors (Lipinski definition) is 1. The largest absolute Gasteiger partial charge is 0.381 e. The van der Waals surface area contributed by atoms with Gasteiger partial charge in [0.05, 0.1) is 5.02 Å². The molecule has 0 bridgehead atoms. The number of aryl methyl sites for hydroxylation is 1. The molecular weight excluding hydrogens is 249 g/mol. The lowest BCUT2D eigenvalue weighted by Crippen LogP contribution is -1.99. The molecule has 0 heterocycles. The zero-order valence-corrected chi connectivity index (χ0v) is 11.0. The first-order valence-electron chi connectivity index (χ1n) is 5.96. The highest BCUT2D eigenvalue weighted by Crippen LogP contribution is 2.17. The van der Waals surface area contributed by atoms with Gasteiger partial charge in [-0.3, -0.25) is 0 Å². The second-order valence-electron chi connectivity index (χ2n) is 4.15. The zero-order chi connectivity index (χ0) is 13.0. The van der Waals surface area contributed by atoms with E-state index in [9.17, 15) is 4.39 Å². The van der Waals surface area contributed by atoms with Crippen molar-refractivity contribution in [3.63, 3.8) is 0 Å². The Morgan fingerprint density at radius 1 is 1.06 bits per heavy atom. The van der Waals surface area contributed by atoms with Crippen LogP contribution in [0, 0.1) is 5.82 Å². The van der Waals surface area contributed by atoms with Gasteiger partial charge in [0.25, 0.3) is 0 Å². The minimum absolute atomic E-state index is 0.158. The Morgan fingerprint density at radius 3 is 2.33 bits per heavy atom. The molecule has 0 amide bonds. The summed E-state index contributed by atoms with van der Waals surface area (Å²) in [7, 11) is 0. The van der Waals surface area contributed by atoms with Gasteiger partial charge in [0, 0.05) is 12.2 Å².